The lowest BCUT2D eigenvalue weighted by atomic mass is 9.73. The van der Waals surface area contributed by atoms with Gasteiger partial charge in [0.2, 0.25) is 0 Å². The SMILES string of the molecule is c1ccc(CNC2CCC(COCc3ccccc3)(COCc3ccccc3)CC2)cc1. The van der Waals surface area contributed by atoms with Crippen LogP contribution in [0.2, 0.25) is 0 Å². The molecule has 3 aromatic rings. The van der Waals surface area contributed by atoms with Crippen LogP contribution >= 0.6 is 0 Å². The van der Waals surface area contributed by atoms with Crippen LogP contribution in [0.1, 0.15) is 42.4 Å². The average Bonchev–Trinajstić information content (AvgIpc) is 2.86. The van der Waals surface area contributed by atoms with Crippen molar-refractivity contribution >= 4 is 0 Å². The number of benzene rings is 3. The molecule has 0 atom stereocenters. The highest BCUT2D eigenvalue weighted by Gasteiger charge is 2.36. The number of ether oxygens (including phenoxy) is 2. The lowest BCUT2D eigenvalue weighted by Gasteiger charge is -2.40. The van der Waals surface area contributed by atoms with Gasteiger partial charge < -0.3 is 14.8 Å². The van der Waals surface area contributed by atoms with Crippen molar-refractivity contribution in [3.63, 3.8) is 0 Å². The third kappa shape index (κ3) is 7.03. The molecule has 0 spiro atoms. The third-order valence-corrected chi connectivity index (χ3v) is 6.52. The van der Waals surface area contributed by atoms with Crippen molar-refractivity contribution in [1.82, 2.24) is 5.32 Å². The fourth-order valence-corrected chi connectivity index (χ4v) is 4.54. The van der Waals surface area contributed by atoms with Crippen molar-refractivity contribution in [3.05, 3.63) is 108 Å². The molecule has 32 heavy (non-hydrogen) atoms. The maximum Gasteiger partial charge on any atom is 0.0717 e. The van der Waals surface area contributed by atoms with E-state index in [4.69, 9.17) is 9.47 Å². The molecule has 4 rings (SSSR count). The minimum absolute atomic E-state index is 0.0918. The Morgan fingerprint density at radius 2 is 1.06 bits per heavy atom. The summed E-state index contributed by atoms with van der Waals surface area (Å²) in [6.45, 7) is 3.77. The number of rotatable bonds is 11. The van der Waals surface area contributed by atoms with Crippen molar-refractivity contribution in [2.75, 3.05) is 13.2 Å². The molecule has 1 aliphatic rings. The molecular formula is C29H35NO2. The highest BCUT2D eigenvalue weighted by atomic mass is 16.5. The molecule has 1 fully saturated rings. The fourth-order valence-electron chi connectivity index (χ4n) is 4.54. The maximum atomic E-state index is 6.23. The van der Waals surface area contributed by atoms with E-state index in [0.717, 1.165) is 45.4 Å². The quantitative estimate of drug-likeness (QED) is 0.397. The van der Waals surface area contributed by atoms with E-state index >= 15 is 0 Å². The summed E-state index contributed by atoms with van der Waals surface area (Å²) in [6, 6.07) is 32.1. The highest BCUT2D eigenvalue weighted by Crippen LogP contribution is 2.37. The van der Waals surface area contributed by atoms with Crippen LogP contribution in [-0.2, 0) is 29.2 Å². The zero-order valence-corrected chi connectivity index (χ0v) is 18.9. The van der Waals surface area contributed by atoms with Crippen LogP contribution in [0.25, 0.3) is 0 Å². The molecule has 1 saturated carbocycles. The smallest absolute Gasteiger partial charge is 0.0717 e. The first-order valence-electron chi connectivity index (χ1n) is 11.8. The fraction of sp³-hybridized carbons (Fsp3) is 0.379. The minimum atomic E-state index is 0.0918. The molecule has 0 saturated heterocycles. The van der Waals surface area contributed by atoms with Crippen LogP contribution in [0, 0.1) is 5.41 Å². The Hall–Kier alpha value is -2.46. The van der Waals surface area contributed by atoms with Gasteiger partial charge in [0.25, 0.3) is 0 Å². The molecule has 1 aliphatic carbocycles. The zero-order chi connectivity index (χ0) is 21.9. The van der Waals surface area contributed by atoms with Crippen LogP contribution in [0.4, 0.5) is 0 Å². The van der Waals surface area contributed by atoms with E-state index in [9.17, 15) is 0 Å². The van der Waals surface area contributed by atoms with Crippen molar-refractivity contribution in [3.8, 4) is 0 Å². The molecule has 0 aromatic heterocycles. The minimum Gasteiger partial charge on any atom is -0.376 e. The van der Waals surface area contributed by atoms with Crippen LogP contribution in [0.15, 0.2) is 91.0 Å². The Morgan fingerprint density at radius 1 is 0.625 bits per heavy atom. The highest BCUT2D eigenvalue weighted by molar-refractivity contribution is 5.15. The summed E-state index contributed by atoms with van der Waals surface area (Å²) in [4.78, 5) is 0. The molecule has 0 unspecified atom stereocenters. The largest absolute Gasteiger partial charge is 0.376 e. The maximum absolute atomic E-state index is 6.23. The predicted octanol–water partition coefficient (Wildman–Crippen LogP) is 6.14. The Morgan fingerprint density at radius 3 is 1.53 bits per heavy atom. The molecular weight excluding hydrogens is 394 g/mol. The van der Waals surface area contributed by atoms with E-state index in [0.29, 0.717) is 19.3 Å². The summed E-state index contributed by atoms with van der Waals surface area (Å²) < 4.78 is 12.5. The first-order valence-corrected chi connectivity index (χ1v) is 11.8. The molecule has 1 N–H and O–H groups in total. The second kappa shape index (κ2) is 12.0. The van der Waals surface area contributed by atoms with Gasteiger partial charge in [-0.05, 0) is 42.4 Å². The van der Waals surface area contributed by atoms with Gasteiger partial charge in [-0.25, -0.2) is 0 Å². The summed E-state index contributed by atoms with van der Waals surface area (Å²) in [6.07, 6.45) is 4.58. The van der Waals surface area contributed by atoms with Gasteiger partial charge in [-0.15, -0.1) is 0 Å². The van der Waals surface area contributed by atoms with Gasteiger partial charge in [-0.2, -0.15) is 0 Å². The topological polar surface area (TPSA) is 30.5 Å². The van der Waals surface area contributed by atoms with E-state index in [1.807, 2.05) is 12.1 Å². The van der Waals surface area contributed by atoms with Crippen molar-refractivity contribution in [1.29, 1.82) is 0 Å². The third-order valence-electron chi connectivity index (χ3n) is 6.52. The Labute approximate surface area is 192 Å². The van der Waals surface area contributed by atoms with Crippen molar-refractivity contribution in [2.45, 2.75) is 51.5 Å². The van der Waals surface area contributed by atoms with Gasteiger partial charge in [0.1, 0.15) is 0 Å². The molecule has 0 bridgehead atoms. The van der Waals surface area contributed by atoms with E-state index < -0.39 is 0 Å². The predicted molar refractivity (Wildman–Crippen MR) is 130 cm³/mol. The summed E-state index contributed by atoms with van der Waals surface area (Å²) >= 11 is 0. The van der Waals surface area contributed by atoms with Gasteiger partial charge in [0, 0.05) is 18.0 Å². The van der Waals surface area contributed by atoms with Crippen molar-refractivity contribution < 1.29 is 9.47 Å². The van der Waals surface area contributed by atoms with Gasteiger partial charge >= 0.3 is 0 Å². The Kier molecular flexibility index (Phi) is 8.49. The molecule has 3 nitrogen and oxygen atoms in total. The van der Waals surface area contributed by atoms with Crippen molar-refractivity contribution in [2.24, 2.45) is 5.41 Å². The molecule has 3 heteroatoms. The number of nitrogens with one attached hydrogen (secondary N) is 1. The van der Waals surface area contributed by atoms with E-state index in [-0.39, 0.29) is 5.41 Å². The number of hydrogen-bond donors (Lipinski definition) is 1. The van der Waals surface area contributed by atoms with E-state index in [1.165, 1.54) is 16.7 Å². The standard InChI is InChI=1S/C29H35NO2/c1-4-10-25(11-5-1)20-30-28-16-18-29(19-17-28,23-31-21-26-12-6-2-7-13-26)24-32-22-27-14-8-3-9-15-27/h1-15,28,30H,16-24H2. The number of hydrogen-bond acceptors (Lipinski definition) is 3. The molecule has 0 aliphatic heterocycles. The summed E-state index contributed by atoms with van der Waals surface area (Å²) in [5.41, 5.74) is 3.90. The molecule has 3 aromatic carbocycles. The monoisotopic (exact) mass is 429 g/mol. The van der Waals surface area contributed by atoms with Crippen LogP contribution in [-0.4, -0.2) is 19.3 Å². The van der Waals surface area contributed by atoms with Gasteiger partial charge in [-0.1, -0.05) is 91.0 Å². The zero-order valence-electron chi connectivity index (χ0n) is 18.9. The lowest BCUT2D eigenvalue weighted by Crippen LogP contribution is -2.42. The normalized spacial score (nSPS) is 16.1. The Bertz CT molecular complexity index is 843. The molecule has 0 amide bonds. The lowest BCUT2D eigenvalue weighted by molar-refractivity contribution is -0.0549. The van der Waals surface area contributed by atoms with E-state index in [1.54, 1.807) is 0 Å². The molecule has 0 heterocycles. The average molecular weight is 430 g/mol. The van der Waals surface area contributed by atoms with Gasteiger partial charge in [0.15, 0.2) is 0 Å². The summed E-state index contributed by atoms with van der Waals surface area (Å²) in [5.74, 6) is 0. The van der Waals surface area contributed by atoms with Crippen LogP contribution < -0.4 is 5.32 Å². The van der Waals surface area contributed by atoms with Crippen LogP contribution in [0.3, 0.4) is 0 Å². The summed E-state index contributed by atoms with van der Waals surface area (Å²) in [5, 5.41) is 3.76. The summed E-state index contributed by atoms with van der Waals surface area (Å²) in [7, 11) is 0. The second-order valence-corrected chi connectivity index (χ2v) is 9.10. The van der Waals surface area contributed by atoms with Gasteiger partial charge in [0.05, 0.1) is 26.4 Å². The first-order chi connectivity index (χ1) is 15.8. The molecule has 168 valence electrons. The Balaban J connectivity index is 1.29. The molecule has 0 radical (unpaired) electrons. The van der Waals surface area contributed by atoms with Crippen LogP contribution in [0.5, 0.6) is 0 Å². The first kappa shape index (κ1) is 22.7. The second-order valence-electron chi connectivity index (χ2n) is 9.10. The van der Waals surface area contributed by atoms with E-state index in [2.05, 4.69) is 84.2 Å². The van der Waals surface area contributed by atoms with Gasteiger partial charge in [-0.3, -0.25) is 0 Å².